The molecule has 1 aliphatic carbocycles. The lowest BCUT2D eigenvalue weighted by Crippen LogP contribution is -2.42. The van der Waals surface area contributed by atoms with E-state index in [2.05, 4.69) is 5.10 Å². The first-order valence-electron chi connectivity index (χ1n) is 6.79. The van der Waals surface area contributed by atoms with Gasteiger partial charge in [0, 0.05) is 20.6 Å². The Morgan fingerprint density at radius 2 is 2.05 bits per heavy atom. The van der Waals surface area contributed by atoms with Gasteiger partial charge in [-0.3, -0.25) is 9.59 Å². The zero-order chi connectivity index (χ0) is 15.0. The Bertz CT molecular complexity index is 588. The zero-order valence-electron chi connectivity index (χ0n) is 12.4. The number of aliphatic hydroxyl groups excluding tert-OH is 1. The molecular weight excluding hydrogens is 258 g/mol. The van der Waals surface area contributed by atoms with Crippen molar-refractivity contribution in [2.24, 2.45) is 13.0 Å². The number of aryl methyl sites for hydroxylation is 2. The van der Waals surface area contributed by atoms with Crippen LogP contribution in [0.3, 0.4) is 0 Å². The molecule has 1 amide bonds. The fourth-order valence-corrected chi connectivity index (χ4v) is 2.61. The Hall–Kier alpha value is -1.69. The summed E-state index contributed by atoms with van der Waals surface area (Å²) in [6.07, 6.45) is 1.22. The number of aliphatic hydroxyl groups is 1. The third-order valence-electron chi connectivity index (χ3n) is 4.03. The summed E-state index contributed by atoms with van der Waals surface area (Å²) in [5, 5.41) is 13.4. The molecule has 0 bridgehead atoms. The molecule has 110 valence electrons. The average Bonchev–Trinajstić information content (AvgIpc) is 2.34. The van der Waals surface area contributed by atoms with Crippen LogP contribution in [0.25, 0.3) is 0 Å². The van der Waals surface area contributed by atoms with Crippen molar-refractivity contribution in [1.29, 1.82) is 0 Å². The topological polar surface area (TPSA) is 75.4 Å². The maximum absolute atomic E-state index is 12.5. The number of hydrogen-bond donors (Lipinski definition) is 1. The first-order valence-corrected chi connectivity index (χ1v) is 6.79. The van der Waals surface area contributed by atoms with E-state index in [0.29, 0.717) is 23.7 Å². The second kappa shape index (κ2) is 5.36. The Labute approximate surface area is 118 Å². The van der Waals surface area contributed by atoms with Gasteiger partial charge in [-0.15, -0.1) is 0 Å². The molecule has 1 aromatic rings. The molecule has 0 spiro atoms. The minimum absolute atomic E-state index is 0.197. The van der Waals surface area contributed by atoms with E-state index in [4.69, 9.17) is 0 Å². The third-order valence-corrected chi connectivity index (χ3v) is 4.03. The van der Waals surface area contributed by atoms with Gasteiger partial charge < -0.3 is 10.0 Å². The molecule has 6 nitrogen and oxygen atoms in total. The Morgan fingerprint density at radius 3 is 2.60 bits per heavy atom. The summed E-state index contributed by atoms with van der Waals surface area (Å²) in [5.41, 5.74) is 1.16. The van der Waals surface area contributed by atoms with Crippen molar-refractivity contribution >= 4 is 5.91 Å². The number of rotatable bonds is 3. The Balaban J connectivity index is 2.22. The van der Waals surface area contributed by atoms with Crippen LogP contribution in [-0.2, 0) is 7.05 Å². The van der Waals surface area contributed by atoms with Crippen molar-refractivity contribution in [2.45, 2.75) is 32.8 Å². The molecule has 0 aromatic carbocycles. The third kappa shape index (κ3) is 2.60. The van der Waals surface area contributed by atoms with Crippen LogP contribution in [0, 0.1) is 19.8 Å². The molecule has 0 unspecified atom stereocenters. The van der Waals surface area contributed by atoms with Crippen LogP contribution in [0.4, 0.5) is 0 Å². The molecule has 0 aliphatic heterocycles. The van der Waals surface area contributed by atoms with Crippen molar-refractivity contribution in [1.82, 2.24) is 14.7 Å². The summed E-state index contributed by atoms with van der Waals surface area (Å²) in [6, 6.07) is 0. The summed E-state index contributed by atoms with van der Waals surface area (Å²) in [7, 11) is 3.25. The largest absolute Gasteiger partial charge is 0.393 e. The van der Waals surface area contributed by atoms with Crippen molar-refractivity contribution < 1.29 is 9.90 Å². The first-order chi connectivity index (χ1) is 9.31. The van der Waals surface area contributed by atoms with E-state index < -0.39 is 0 Å². The smallest absolute Gasteiger partial charge is 0.279 e. The first kappa shape index (κ1) is 14.7. The van der Waals surface area contributed by atoms with Crippen LogP contribution in [0.5, 0.6) is 0 Å². The molecule has 1 fully saturated rings. The van der Waals surface area contributed by atoms with Crippen LogP contribution in [0.2, 0.25) is 0 Å². The molecular formula is C14H21N3O3. The lowest BCUT2D eigenvalue weighted by atomic mass is 9.82. The van der Waals surface area contributed by atoms with E-state index >= 15 is 0 Å². The van der Waals surface area contributed by atoms with Gasteiger partial charge in [0.2, 0.25) is 0 Å². The van der Waals surface area contributed by atoms with Gasteiger partial charge in [-0.05, 0) is 38.2 Å². The molecule has 1 aromatic heterocycles. The second-order valence-corrected chi connectivity index (χ2v) is 5.69. The van der Waals surface area contributed by atoms with E-state index in [0.717, 1.165) is 12.8 Å². The number of hydrogen-bond acceptors (Lipinski definition) is 4. The monoisotopic (exact) mass is 279 g/mol. The Morgan fingerprint density at radius 1 is 1.45 bits per heavy atom. The van der Waals surface area contributed by atoms with Crippen LogP contribution in [-0.4, -0.2) is 45.4 Å². The summed E-state index contributed by atoms with van der Waals surface area (Å²) in [4.78, 5) is 26.2. The van der Waals surface area contributed by atoms with Crippen molar-refractivity contribution in [3.05, 3.63) is 27.2 Å². The van der Waals surface area contributed by atoms with Crippen molar-refractivity contribution in [2.75, 3.05) is 13.6 Å². The molecule has 0 saturated heterocycles. The molecule has 0 radical (unpaired) electrons. The molecule has 1 saturated carbocycles. The lowest BCUT2D eigenvalue weighted by Gasteiger charge is -2.34. The maximum atomic E-state index is 12.5. The minimum Gasteiger partial charge on any atom is -0.393 e. The second-order valence-electron chi connectivity index (χ2n) is 5.69. The normalized spacial score (nSPS) is 21.4. The predicted molar refractivity (Wildman–Crippen MR) is 74.6 cm³/mol. The predicted octanol–water partition coefficient (Wildman–Crippen LogP) is 0.240. The molecule has 1 N–H and O–H groups in total. The van der Waals surface area contributed by atoms with Gasteiger partial charge in [0.15, 0.2) is 0 Å². The number of carbonyl (C=O) groups excluding carboxylic acids is 1. The highest BCUT2D eigenvalue weighted by Gasteiger charge is 2.30. The van der Waals surface area contributed by atoms with E-state index in [1.807, 2.05) is 0 Å². The van der Waals surface area contributed by atoms with Gasteiger partial charge in [0.1, 0.15) is 5.56 Å². The summed E-state index contributed by atoms with van der Waals surface area (Å²) >= 11 is 0. The zero-order valence-corrected chi connectivity index (χ0v) is 12.4. The van der Waals surface area contributed by atoms with Crippen molar-refractivity contribution in [3.63, 3.8) is 0 Å². The maximum Gasteiger partial charge on any atom is 0.279 e. The van der Waals surface area contributed by atoms with E-state index in [9.17, 15) is 14.7 Å². The van der Waals surface area contributed by atoms with E-state index in [1.165, 1.54) is 4.68 Å². The fraction of sp³-hybridized carbons (Fsp3) is 0.643. The quantitative estimate of drug-likeness (QED) is 0.860. The van der Waals surface area contributed by atoms with Crippen LogP contribution in [0.15, 0.2) is 4.79 Å². The Kier molecular flexibility index (Phi) is 3.94. The van der Waals surface area contributed by atoms with Gasteiger partial charge in [-0.25, -0.2) is 4.68 Å². The van der Waals surface area contributed by atoms with Crippen LogP contribution < -0.4 is 5.56 Å². The highest BCUT2D eigenvalue weighted by Crippen LogP contribution is 2.27. The van der Waals surface area contributed by atoms with Gasteiger partial charge in [-0.2, -0.15) is 5.10 Å². The van der Waals surface area contributed by atoms with Crippen molar-refractivity contribution in [3.8, 4) is 0 Å². The fourth-order valence-electron chi connectivity index (χ4n) is 2.61. The van der Waals surface area contributed by atoms with Gasteiger partial charge >= 0.3 is 0 Å². The number of nitrogens with zero attached hydrogens (tertiary/aromatic N) is 3. The van der Waals surface area contributed by atoms with Crippen LogP contribution >= 0.6 is 0 Å². The summed E-state index contributed by atoms with van der Waals surface area (Å²) < 4.78 is 1.20. The molecule has 1 heterocycles. The van der Waals surface area contributed by atoms with Gasteiger partial charge in [0.05, 0.1) is 11.8 Å². The lowest BCUT2D eigenvalue weighted by molar-refractivity contribution is 0.0264. The minimum atomic E-state index is -0.362. The number of aromatic nitrogens is 2. The molecule has 0 atom stereocenters. The highest BCUT2D eigenvalue weighted by atomic mass is 16.3. The van der Waals surface area contributed by atoms with Crippen LogP contribution in [0.1, 0.15) is 34.5 Å². The average molecular weight is 279 g/mol. The molecule has 1 aliphatic rings. The standard InChI is InChI=1S/C14H21N3O3/c1-8-9(2)15-17(4)14(20)12(8)13(19)16(3)7-10-5-11(18)6-10/h10-11,18H,5-7H2,1-4H3. The molecule has 20 heavy (non-hydrogen) atoms. The van der Waals surface area contributed by atoms with Gasteiger partial charge in [-0.1, -0.05) is 0 Å². The highest BCUT2D eigenvalue weighted by molar-refractivity contribution is 5.95. The van der Waals surface area contributed by atoms with Gasteiger partial charge in [0.25, 0.3) is 11.5 Å². The summed E-state index contributed by atoms with van der Waals surface area (Å²) in [5.74, 6) is 0.0565. The summed E-state index contributed by atoms with van der Waals surface area (Å²) in [6.45, 7) is 4.10. The SMILES string of the molecule is Cc1nn(C)c(=O)c(C(=O)N(C)CC2CC(O)C2)c1C. The number of amides is 1. The van der Waals surface area contributed by atoms with E-state index in [1.54, 1.807) is 32.8 Å². The molecule has 2 rings (SSSR count). The molecule has 6 heteroatoms. The van der Waals surface area contributed by atoms with E-state index in [-0.39, 0.29) is 23.1 Å². The number of carbonyl (C=O) groups is 1.